The maximum Gasteiger partial charge on any atom is 0.433 e. The minimum absolute atomic E-state index is 0.212. The van der Waals surface area contributed by atoms with Crippen LogP contribution in [-0.4, -0.2) is 11.5 Å². The van der Waals surface area contributed by atoms with Gasteiger partial charge in [0.25, 0.3) is 0 Å². The van der Waals surface area contributed by atoms with Crippen molar-refractivity contribution in [2.75, 3.05) is 6.54 Å². The van der Waals surface area contributed by atoms with Gasteiger partial charge < -0.3 is 5.32 Å². The highest BCUT2D eigenvalue weighted by Gasteiger charge is 2.39. The Bertz CT molecular complexity index is 428. The van der Waals surface area contributed by atoms with Gasteiger partial charge in [-0.2, -0.15) is 13.2 Å². The molecule has 0 aromatic carbocycles. The summed E-state index contributed by atoms with van der Waals surface area (Å²) in [6, 6.07) is 2.87. The number of alkyl halides is 3. The van der Waals surface area contributed by atoms with Gasteiger partial charge in [-0.25, -0.2) is 4.98 Å². The number of rotatable bonds is 0. The van der Waals surface area contributed by atoms with Gasteiger partial charge in [-0.3, -0.25) is 0 Å². The zero-order valence-electron chi connectivity index (χ0n) is 8.51. The molecule has 2 heterocycles. The largest absolute Gasteiger partial charge is 0.433 e. The summed E-state index contributed by atoms with van der Waals surface area (Å²) in [5.74, 6) is 0.212. The van der Waals surface area contributed by atoms with Gasteiger partial charge in [-0.05, 0) is 31.0 Å². The van der Waals surface area contributed by atoms with Crippen molar-refractivity contribution in [3.05, 3.63) is 29.1 Å². The first kappa shape index (κ1) is 10.1. The summed E-state index contributed by atoms with van der Waals surface area (Å²) < 4.78 is 37.6. The summed E-state index contributed by atoms with van der Waals surface area (Å²) in [7, 11) is 0. The molecule has 1 unspecified atom stereocenters. The molecule has 2 atom stereocenters. The van der Waals surface area contributed by atoms with Crippen LogP contribution in [0, 0.1) is 0 Å². The Morgan fingerprint density at radius 3 is 2.88 bits per heavy atom. The van der Waals surface area contributed by atoms with E-state index < -0.39 is 11.9 Å². The van der Waals surface area contributed by atoms with Crippen molar-refractivity contribution in [2.45, 2.75) is 31.0 Å². The van der Waals surface area contributed by atoms with Crippen molar-refractivity contribution in [2.24, 2.45) is 0 Å². The predicted molar refractivity (Wildman–Crippen MR) is 52.0 cm³/mol. The lowest BCUT2D eigenvalue weighted by Crippen LogP contribution is -2.24. The van der Waals surface area contributed by atoms with Crippen LogP contribution in [0.1, 0.15) is 41.8 Å². The fourth-order valence-corrected chi connectivity index (χ4v) is 2.67. The molecule has 1 aromatic rings. The molecule has 5 heteroatoms. The third-order valence-corrected chi connectivity index (χ3v) is 3.41. The zero-order valence-corrected chi connectivity index (χ0v) is 8.51. The highest BCUT2D eigenvalue weighted by Crippen LogP contribution is 2.44. The molecular weight excluding hydrogens is 217 g/mol. The summed E-state index contributed by atoms with van der Waals surface area (Å²) in [4.78, 5) is 3.80. The van der Waals surface area contributed by atoms with Crippen molar-refractivity contribution in [3.63, 3.8) is 0 Å². The third kappa shape index (κ3) is 1.42. The number of hydrogen-bond acceptors (Lipinski definition) is 2. The first-order valence-corrected chi connectivity index (χ1v) is 5.37. The molecule has 2 bridgehead atoms. The highest BCUT2D eigenvalue weighted by molar-refractivity contribution is 5.36. The Kier molecular flexibility index (Phi) is 2.01. The van der Waals surface area contributed by atoms with E-state index in [-0.39, 0.29) is 12.0 Å². The van der Waals surface area contributed by atoms with Crippen molar-refractivity contribution < 1.29 is 13.2 Å². The van der Waals surface area contributed by atoms with Gasteiger partial charge >= 0.3 is 6.18 Å². The second-order valence-electron chi connectivity index (χ2n) is 4.40. The van der Waals surface area contributed by atoms with Crippen molar-refractivity contribution >= 4 is 0 Å². The molecule has 0 amide bonds. The molecule has 0 spiro atoms. The smallest absolute Gasteiger partial charge is 0.310 e. The second kappa shape index (κ2) is 3.20. The molecule has 3 rings (SSSR count). The molecule has 16 heavy (non-hydrogen) atoms. The maximum atomic E-state index is 12.5. The molecule has 1 aliphatic heterocycles. The van der Waals surface area contributed by atoms with Crippen LogP contribution in [0.15, 0.2) is 12.1 Å². The van der Waals surface area contributed by atoms with Gasteiger partial charge in [0.1, 0.15) is 5.69 Å². The van der Waals surface area contributed by atoms with E-state index >= 15 is 0 Å². The predicted octanol–water partition coefficient (Wildman–Crippen LogP) is 2.62. The summed E-state index contributed by atoms with van der Waals surface area (Å²) >= 11 is 0. The Labute approximate surface area is 90.9 Å². The normalized spacial score (nSPS) is 27.9. The molecule has 1 saturated heterocycles. The summed E-state index contributed by atoms with van der Waals surface area (Å²) in [6.45, 7) is 0.868. The van der Waals surface area contributed by atoms with E-state index in [4.69, 9.17) is 0 Å². The van der Waals surface area contributed by atoms with Crippen LogP contribution in [-0.2, 0) is 6.18 Å². The topological polar surface area (TPSA) is 24.9 Å². The van der Waals surface area contributed by atoms with E-state index in [1.165, 1.54) is 0 Å². The molecule has 1 fully saturated rings. The van der Waals surface area contributed by atoms with Gasteiger partial charge in [-0.1, -0.05) is 6.07 Å². The highest BCUT2D eigenvalue weighted by atomic mass is 19.4. The van der Waals surface area contributed by atoms with Gasteiger partial charge in [0.2, 0.25) is 0 Å². The second-order valence-corrected chi connectivity index (χ2v) is 4.40. The molecule has 0 saturated carbocycles. The van der Waals surface area contributed by atoms with Crippen molar-refractivity contribution in [3.8, 4) is 0 Å². The Hall–Kier alpha value is -1.10. The number of hydrogen-bond donors (Lipinski definition) is 1. The minimum atomic E-state index is -4.33. The number of piperidine rings is 1. The van der Waals surface area contributed by atoms with E-state index in [2.05, 4.69) is 10.3 Å². The molecule has 2 aliphatic rings. The molecule has 0 radical (unpaired) electrons. The molecule has 1 N–H and O–H groups in total. The van der Waals surface area contributed by atoms with Crippen LogP contribution in [0.2, 0.25) is 0 Å². The third-order valence-electron chi connectivity index (χ3n) is 3.41. The Morgan fingerprint density at radius 2 is 2.12 bits per heavy atom. The van der Waals surface area contributed by atoms with Crippen LogP contribution in [0.3, 0.4) is 0 Å². The molecule has 2 nitrogen and oxygen atoms in total. The van der Waals surface area contributed by atoms with Crippen LogP contribution >= 0.6 is 0 Å². The van der Waals surface area contributed by atoms with E-state index in [1.807, 2.05) is 0 Å². The van der Waals surface area contributed by atoms with Gasteiger partial charge in [0, 0.05) is 17.7 Å². The average Bonchev–Trinajstić information content (AvgIpc) is 2.50. The average molecular weight is 228 g/mol. The van der Waals surface area contributed by atoms with Crippen molar-refractivity contribution in [1.82, 2.24) is 10.3 Å². The first-order valence-electron chi connectivity index (χ1n) is 5.37. The molecule has 86 valence electrons. The van der Waals surface area contributed by atoms with Gasteiger partial charge in [-0.15, -0.1) is 0 Å². The van der Waals surface area contributed by atoms with Crippen molar-refractivity contribution in [1.29, 1.82) is 0 Å². The quantitative estimate of drug-likeness (QED) is 0.738. The lowest BCUT2D eigenvalue weighted by molar-refractivity contribution is -0.141. The lowest BCUT2D eigenvalue weighted by atomic mass is 9.99. The van der Waals surface area contributed by atoms with Crippen LogP contribution in [0.25, 0.3) is 0 Å². The number of aromatic nitrogens is 1. The number of fused-ring (bicyclic) bond motifs is 5. The van der Waals surface area contributed by atoms with E-state index in [9.17, 15) is 13.2 Å². The van der Waals surface area contributed by atoms with Crippen LogP contribution in [0.5, 0.6) is 0 Å². The summed E-state index contributed by atoms with van der Waals surface area (Å²) in [5, 5.41) is 3.30. The number of halogens is 3. The van der Waals surface area contributed by atoms with E-state index in [1.54, 1.807) is 6.07 Å². The lowest BCUT2D eigenvalue weighted by Gasteiger charge is -2.19. The molecular formula is C11H11F3N2. The fourth-order valence-electron chi connectivity index (χ4n) is 2.67. The summed E-state index contributed by atoms with van der Waals surface area (Å²) in [5.41, 5.74) is 0.846. The Balaban J connectivity index is 2.07. The minimum Gasteiger partial charge on any atom is -0.310 e. The summed E-state index contributed by atoms with van der Waals surface area (Å²) in [6.07, 6.45) is -2.55. The monoisotopic (exact) mass is 228 g/mol. The van der Waals surface area contributed by atoms with Crippen LogP contribution in [0.4, 0.5) is 13.2 Å². The first-order chi connectivity index (χ1) is 7.55. The zero-order chi connectivity index (χ0) is 11.3. The molecule has 1 aromatic heterocycles. The SMILES string of the molecule is FC(F)(F)c1ccc2c(n1)[C@H]1CCNC2C1. The number of nitrogens with zero attached hydrogens (tertiary/aromatic N) is 1. The standard InChI is InChI=1S/C11H11F3N2/c12-11(13,14)9-2-1-7-8-5-6(3-4-15-8)10(7)16-9/h1-2,6,8,15H,3-5H2/t6-,8?/m0/s1. The Morgan fingerprint density at radius 1 is 1.31 bits per heavy atom. The van der Waals surface area contributed by atoms with Gasteiger partial charge in [0.15, 0.2) is 0 Å². The van der Waals surface area contributed by atoms with Gasteiger partial charge in [0.05, 0.1) is 0 Å². The fraction of sp³-hybridized carbons (Fsp3) is 0.545. The number of nitrogens with one attached hydrogen (secondary N) is 1. The van der Waals surface area contributed by atoms with Crippen LogP contribution < -0.4 is 5.32 Å². The van der Waals surface area contributed by atoms with E-state index in [0.717, 1.165) is 31.0 Å². The number of pyridine rings is 1. The molecule has 1 aliphatic carbocycles. The van der Waals surface area contributed by atoms with E-state index in [0.29, 0.717) is 5.69 Å². The maximum absolute atomic E-state index is 12.5.